The molecule has 4 heteroatoms. The molecule has 100 valence electrons. The highest BCUT2D eigenvalue weighted by atomic mass is 32.2. The molecule has 0 atom stereocenters. The minimum atomic E-state index is -3.61. The molecule has 0 saturated carbocycles. The Balaban J connectivity index is 2.33. The zero-order chi connectivity index (χ0) is 14.2. The average molecular weight is 283 g/mol. The molecule has 3 nitrogen and oxygen atoms in total. The van der Waals surface area contributed by atoms with Gasteiger partial charge in [-0.3, -0.25) is 0 Å². The van der Waals surface area contributed by atoms with E-state index in [4.69, 9.17) is 0 Å². The molecule has 0 aliphatic carbocycles. The number of aromatic nitrogens is 1. The van der Waals surface area contributed by atoms with Crippen LogP contribution in [0.5, 0.6) is 0 Å². The molecule has 3 aromatic rings. The minimum Gasteiger partial charge on any atom is -0.244 e. The molecular formula is C16H13NO2S. The predicted octanol–water partition coefficient (Wildman–Crippen LogP) is 3.38. The SMILES string of the molecule is Cc1ccccc1S(=O)(=O)c1nccc2ccccc12. The molecule has 0 saturated heterocycles. The average Bonchev–Trinajstić information content (AvgIpc) is 2.47. The summed E-state index contributed by atoms with van der Waals surface area (Å²) in [6.07, 6.45) is 1.54. The molecule has 1 heterocycles. The van der Waals surface area contributed by atoms with Crippen LogP contribution < -0.4 is 0 Å². The van der Waals surface area contributed by atoms with E-state index in [9.17, 15) is 8.42 Å². The number of hydrogen-bond donors (Lipinski definition) is 0. The van der Waals surface area contributed by atoms with E-state index < -0.39 is 9.84 Å². The molecule has 0 aliphatic rings. The summed E-state index contributed by atoms with van der Waals surface area (Å²) >= 11 is 0. The third-order valence-electron chi connectivity index (χ3n) is 3.27. The Bertz CT molecular complexity index is 880. The lowest BCUT2D eigenvalue weighted by molar-refractivity contribution is 0.593. The normalized spacial score (nSPS) is 11.7. The largest absolute Gasteiger partial charge is 0.244 e. The molecule has 20 heavy (non-hydrogen) atoms. The number of sulfone groups is 1. The van der Waals surface area contributed by atoms with Gasteiger partial charge in [-0.1, -0.05) is 42.5 Å². The van der Waals surface area contributed by atoms with Gasteiger partial charge in [0.1, 0.15) is 0 Å². The van der Waals surface area contributed by atoms with Gasteiger partial charge in [-0.05, 0) is 30.0 Å². The van der Waals surface area contributed by atoms with E-state index in [0.717, 1.165) is 10.9 Å². The Hall–Kier alpha value is -2.20. The van der Waals surface area contributed by atoms with Crippen LogP contribution in [-0.2, 0) is 9.84 Å². The summed E-state index contributed by atoms with van der Waals surface area (Å²) in [5.41, 5.74) is 0.724. The lowest BCUT2D eigenvalue weighted by Crippen LogP contribution is -2.06. The molecular weight excluding hydrogens is 270 g/mol. The van der Waals surface area contributed by atoms with Crippen molar-refractivity contribution in [1.82, 2.24) is 4.98 Å². The summed E-state index contributed by atoms with van der Waals surface area (Å²) in [4.78, 5) is 4.42. The second kappa shape index (κ2) is 4.72. The third kappa shape index (κ3) is 1.98. The van der Waals surface area contributed by atoms with Gasteiger partial charge < -0.3 is 0 Å². The van der Waals surface area contributed by atoms with Crippen molar-refractivity contribution in [3.8, 4) is 0 Å². The molecule has 3 rings (SSSR count). The monoisotopic (exact) mass is 283 g/mol. The summed E-state index contributed by atoms with van der Waals surface area (Å²) in [5.74, 6) is 0. The highest BCUT2D eigenvalue weighted by Gasteiger charge is 2.23. The van der Waals surface area contributed by atoms with Gasteiger partial charge in [0.2, 0.25) is 9.84 Å². The first-order chi connectivity index (χ1) is 9.60. The fourth-order valence-corrected chi connectivity index (χ4v) is 3.90. The zero-order valence-electron chi connectivity index (χ0n) is 10.9. The van der Waals surface area contributed by atoms with E-state index in [1.807, 2.05) is 30.3 Å². The smallest absolute Gasteiger partial charge is 0.224 e. The van der Waals surface area contributed by atoms with Crippen molar-refractivity contribution in [2.45, 2.75) is 16.8 Å². The van der Waals surface area contributed by atoms with Crippen molar-refractivity contribution in [1.29, 1.82) is 0 Å². The number of pyridine rings is 1. The highest BCUT2D eigenvalue weighted by Crippen LogP contribution is 2.27. The quantitative estimate of drug-likeness (QED) is 0.724. The molecule has 0 fully saturated rings. The number of aryl methyl sites for hydroxylation is 1. The molecule has 0 radical (unpaired) electrons. The van der Waals surface area contributed by atoms with Crippen LogP contribution in [0.3, 0.4) is 0 Å². The summed E-state index contributed by atoms with van der Waals surface area (Å²) in [6, 6.07) is 16.1. The molecule has 0 bridgehead atoms. The Morgan fingerprint density at radius 2 is 1.60 bits per heavy atom. The number of hydrogen-bond acceptors (Lipinski definition) is 3. The fourth-order valence-electron chi connectivity index (χ4n) is 2.27. The van der Waals surface area contributed by atoms with Crippen LogP contribution in [0.4, 0.5) is 0 Å². The fraction of sp³-hybridized carbons (Fsp3) is 0.0625. The molecule has 2 aromatic carbocycles. The minimum absolute atomic E-state index is 0.116. The van der Waals surface area contributed by atoms with Crippen molar-refractivity contribution < 1.29 is 8.42 Å². The van der Waals surface area contributed by atoms with Crippen molar-refractivity contribution >= 4 is 20.6 Å². The van der Waals surface area contributed by atoms with Crippen LogP contribution in [0, 0.1) is 6.92 Å². The molecule has 0 amide bonds. The maximum absolute atomic E-state index is 12.8. The standard InChI is InChI=1S/C16H13NO2S/c1-12-6-2-5-9-15(12)20(18,19)16-14-8-4-3-7-13(14)10-11-17-16/h2-11H,1H3. The van der Waals surface area contributed by atoms with E-state index in [-0.39, 0.29) is 5.03 Å². The Morgan fingerprint density at radius 1 is 0.900 bits per heavy atom. The van der Waals surface area contributed by atoms with Crippen LogP contribution in [0.1, 0.15) is 5.56 Å². The molecule has 0 unspecified atom stereocenters. The molecule has 1 aromatic heterocycles. The first-order valence-electron chi connectivity index (χ1n) is 6.25. The summed E-state index contributed by atoms with van der Waals surface area (Å²) in [6.45, 7) is 1.79. The maximum Gasteiger partial charge on any atom is 0.224 e. The maximum atomic E-state index is 12.8. The highest BCUT2D eigenvalue weighted by molar-refractivity contribution is 7.91. The van der Waals surface area contributed by atoms with Gasteiger partial charge in [-0.15, -0.1) is 0 Å². The third-order valence-corrected chi connectivity index (χ3v) is 5.15. The lowest BCUT2D eigenvalue weighted by Gasteiger charge is -2.09. The van der Waals surface area contributed by atoms with Gasteiger partial charge >= 0.3 is 0 Å². The van der Waals surface area contributed by atoms with E-state index in [1.54, 1.807) is 31.2 Å². The van der Waals surface area contributed by atoms with Crippen molar-refractivity contribution in [3.63, 3.8) is 0 Å². The van der Waals surface area contributed by atoms with Crippen molar-refractivity contribution in [2.75, 3.05) is 0 Å². The van der Waals surface area contributed by atoms with Gasteiger partial charge in [0, 0.05) is 11.6 Å². The number of benzene rings is 2. The van der Waals surface area contributed by atoms with Gasteiger partial charge in [-0.2, -0.15) is 0 Å². The van der Waals surface area contributed by atoms with E-state index in [2.05, 4.69) is 4.98 Å². The van der Waals surface area contributed by atoms with E-state index in [1.165, 1.54) is 6.20 Å². The second-order valence-electron chi connectivity index (χ2n) is 4.61. The van der Waals surface area contributed by atoms with E-state index >= 15 is 0 Å². The van der Waals surface area contributed by atoms with Gasteiger partial charge in [0.05, 0.1) is 4.90 Å². The van der Waals surface area contributed by atoms with E-state index in [0.29, 0.717) is 10.3 Å². The summed E-state index contributed by atoms with van der Waals surface area (Å²) < 4.78 is 25.6. The van der Waals surface area contributed by atoms with Crippen LogP contribution >= 0.6 is 0 Å². The van der Waals surface area contributed by atoms with Crippen molar-refractivity contribution in [3.05, 3.63) is 66.4 Å². The summed E-state index contributed by atoms with van der Waals surface area (Å²) in [5, 5.41) is 1.64. The first kappa shape index (κ1) is 12.8. The van der Waals surface area contributed by atoms with Crippen LogP contribution in [0.2, 0.25) is 0 Å². The predicted molar refractivity (Wildman–Crippen MR) is 78.4 cm³/mol. The summed E-state index contributed by atoms with van der Waals surface area (Å²) in [7, 11) is -3.61. The van der Waals surface area contributed by atoms with Gasteiger partial charge in [0.25, 0.3) is 0 Å². The van der Waals surface area contributed by atoms with Crippen LogP contribution in [-0.4, -0.2) is 13.4 Å². The second-order valence-corrected chi connectivity index (χ2v) is 6.44. The lowest BCUT2D eigenvalue weighted by atomic mass is 10.2. The zero-order valence-corrected chi connectivity index (χ0v) is 11.8. The molecule has 0 aliphatic heterocycles. The van der Waals surface area contributed by atoms with Gasteiger partial charge in [0.15, 0.2) is 5.03 Å². The van der Waals surface area contributed by atoms with Crippen molar-refractivity contribution in [2.24, 2.45) is 0 Å². The Morgan fingerprint density at radius 3 is 2.40 bits per heavy atom. The molecule has 0 spiro atoms. The van der Waals surface area contributed by atoms with Crippen LogP contribution in [0.25, 0.3) is 10.8 Å². The van der Waals surface area contributed by atoms with Gasteiger partial charge in [-0.25, -0.2) is 13.4 Å². The van der Waals surface area contributed by atoms with Crippen LogP contribution in [0.15, 0.2) is 70.7 Å². The first-order valence-corrected chi connectivity index (χ1v) is 7.73. The topological polar surface area (TPSA) is 47.0 Å². The number of nitrogens with zero attached hydrogens (tertiary/aromatic N) is 1. The number of fused-ring (bicyclic) bond motifs is 1. The Kier molecular flexibility index (Phi) is 3.03. The molecule has 0 N–H and O–H groups in total. The Labute approximate surface area is 117 Å². The number of rotatable bonds is 2.